The summed E-state index contributed by atoms with van der Waals surface area (Å²) in [6, 6.07) is 18.0. The Morgan fingerprint density at radius 2 is 1.96 bits per heavy atom. The molecule has 3 rings (SSSR count). The summed E-state index contributed by atoms with van der Waals surface area (Å²) in [6.07, 6.45) is 2.27. The topological polar surface area (TPSA) is 38.3 Å². The molecule has 0 bridgehead atoms. The van der Waals surface area contributed by atoms with Crippen LogP contribution in [-0.2, 0) is 16.1 Å². The van der Waals surface area contributed by atoms with Crippen LogP contribution >= 0.6 is 0 Å². The van der Waals surface area contributed by atoms with E-state index in [1.54, 1.807) is 0 Å². The monoisotopic (exact) mass is 309 g/mol. The molecule has 0 radical (unpaired) electrons. The molecule has 2 aromatic rings. The molecule has 120 valence electrons. The molecule has 1 unspecified atom stereocenters. The molecule has 0 aromatic heterocycles. The third-order valence-electron chi connectivity index (χ3n) is 4.20. The van der Waals surface area contributed by atoms with Crippen molar-refractivity contribution in [3.63, 3.8) is 0 Å². The standard InChI is InChI=1S/C20H23NO2/c1-2-23-14-15-7-6-10-18(13-15)21-20(22)19(17-11-12-17)16-8-4-3-5-9-16/h3-10,13,17,19H,2,11-12,14H2,1H3,(H,21,22). The van der Waals surface area contributed by atoms with Gasteiger partial charge in [-0.3, -0.25) is 4.79 Å². The molecule has 1 amide bonds. The molecule has 2 aromatic carbocycles. The summed E-state index contributed by atoms with van der Waals surface area (Å²) in [5, 5.41) is 3.08. The lowest BCUT2D eigenvalue weighted by atomic mass is 9.93. The molecule has 0 aliphatic heterocycles. The fourth-order valence-electron chi connectivity index (χ4n) is 2.91. The molecule has 1 aliphatic rings. The molecule has 1 aliphatic carbocycles. The van der Waals surface area contributed by atoms with E-state index in [0.717, 1.165) is 29.7 Å². The molecule has 1 atom stereocenters. The Balaban J connectivity index is 1.72. The van der Waals surface area contributed by atoms with Crippen LogP contribution in [0.5, 0.6) is 0 Å². The van der Waals surface area contributed by atoms with Gasteiger partial charge in [-0.15, -0.1) is 0 Å². The first-order valence-electron chi connectivity index (χ1n) is 8.30. The van der Waals surface area contributed by atoms with Gasteiger partial charge in [-0.25, -0.2) is 0 Å². The van der Waals surface area contributed by atoms with Gasteiger partial charge in [0.15, 0.2) is 0 Å². The Hall–Kier alpha value is -2.13. The van der Waals surface area contributed by atoms with Crippen molar-refractivity contribution < 1.29 is 9.53 Å². The molecule has 3 heteroatoms. The van der Waals surface area contributed by atoms with E-state index in [1.165, 1.54) is 0 Å². The summed E-state index contributed by atoms with van der Waals surface area (Å²) in [5.41, 5.74) is 3.03. The van der Waals surface area contributed by atoms with Crippen molar-refractivity contribution >= 4 is 11.6 Å². The zero-order chi connectivity index (χ0) is 16.1. The van der Waals surface area contributed by atoms with E-state index in [2.05, 4.69) is 5.32 Å². The molecular weight excluding hydrogens is 286 g/mol. The average molecular weight is 309 g/mol. The number of anilines is 1. The number of nitrogens with one attached hydrogen (secondary N) is 1. The number of carbonyl (C=O) groups excluding carboxylic acids is 1. The number of amides is 1. The fraction of sp³-hybridized carbons (Fsp3) is 0.350. The van der Waals surface area contributed by atoms with Crippen molar-refractivity contribution in [2.75, 3.05) is 11.9 Å². The lowest BCUT2D eigenvalue weighted by molar-refractivity contribution is -0.118. The molecular formula is C20H23NO2. The van der Waals surface area contributed by atoms with Crippen molar-refractivity contribution in [2.45, 2.75) is 32.3 Å². The van der Waals surface area contributed by atoms with E-state index < -0.39 is 0 Å². The second-order valence-electron chi connectivity index (χ2n) is 6.05. The van der Waals surface area contributed by atoms with Gasteiger partial charge < -0.3 is 10.1 Å². The number of hydrogen-bond acceptors (Lipinski definition) is 2. The van der Waals surface area contributed by atoms with Gasteiger partial charge in [-0.1, -0.05) is 42.5 Å². The van der Waals surface area contributed by atoms with Crippen LogP contribution in [0.3, 0.4) is 0 Å². The molecule has 3 nitrogen and oxygen atoms in total. The van der Waals surface area contributed by atoms with Gasteiger partial charge in [0.25, 0.3) is 0 Å². The maximum absolute atomic E-state index is 12.8. The first kappa shape index (κ1) is 15.8. The number of rotatable bonds is 7. The Bertz CT molecular complexity index is 650. The molecule has 0 saturated heterocycles. The van der Waals surface area contributed by atoms with E-state index in [4.69, 9.17) is 4.74 Å². The summed E-state index contributed by atoms with van der Waals surface area (Å²) in [6.45, 7) is 3.24. The van der Waals surface area contributed by atoms with Crippen LogP contribution in [0.4, 0.5) is 5.69 Å². The summed E-state index contributed by atoms with van der Waals surface area (Å²) >= 11 is 0. The van der Waals surface area contributed by atoms with Crippen LogP contribution in [0.1, 0.15) is 36.8 Å². The van der Waals surface area contributed by atoms with Crippen molar-refractivity contribution in [1.29, 1.82) is 0 Å². The zero-order valence-corrected chi connectivity index (χ0v) is 13.5. The van der Waals surface area contributed by atoms with E-state index in [1.807, 2.05) is 61.5 Å². The quantitative estimate of drug-likeness (QED) is 0.825. The first-order valence-corrected chi connectivity index (χ1v) is 8.30. The summed E-state index contributed by atoms with van der Waals surface area (Å²) in [5.74, 6) is 0.517. The molecule has 23 heavy (non-hydrogen) atoms. The number of carbonyl (C=O) groups is 1. The van der Waals surface area contributed by atoms with E-state index in [0.29, 0.717) is 19.1 Å². The van der Waals surface area contributed by atoms with E-state index in [-0.39, 0.29) is 11.8 Å². The molecule has 0 heterocycles. The highest BCUT2D eigenvalue weighted by Gasteiger charge is 2.37. The maximum atomic E-state index is 12.8. The minimum absolute atomic E-state index is 0.0493. The van der Waals surface area contributed by atoms with Gasteiger partial charge >= 0.3 is 0 Å². The van der Waals surface area contributed by atoms with Crippen molar-refractivity contribution in [3.8, 4) is 0 Å². The van der Waals surface area contributed by atoms with Crippen LogP contribution in [0, 0.1) is 5.92 Å². The number of hydrogen-bond donors (Lipinski definition) is 1. The summed E-state index contributed by atoms with van der Waals surface area (Å²) < 4.78 is 5.43. The highest BCUT2D eigenvalue weighted by molar-refractivity contribution is 5.96. The largest absolute Gasteiger partial charge is 0.377 e. The Kier molecular flexibility index (Phi) is 5.09. The highest BCUT2D eigenvalue weighted by Crippen LogP contribution is 2.43. The normalized spacial score (nSPS) is 15.2. The Labute approximate surface area is 137 Å². The zero-order valence-electron chi connectivity index (χ0n) is 13.5. The van der Waals surface area contributed by atoms with Gasteiger partial charge in [0, 0.05) is 12.3 Å². The molecule has 0 spiro atoms. The predicted octanol–water partition coefficient (Wildman–Crippen LogP) is 4.36. The van der Waals surface area contributed by atoms with Gasteiger partial charge in [-0.2, -0.15) is 0 Å². The minimum Gasteiger partial charge on any atom is -0.377 e. The third kappa shape index (κ3) is 4.20. The van der Waals surface area contributed by atoms with Crippen LogP contribution < -0.4 is 5.32 Å². The van der Waals surface area contributed by atoms with Crippen molar-refractivity contribution in [2.24, 2.45) is 5.92 Å². The van der Waals surface area contributed by atoms with E-state index >= 15 is 0 Å². The second kappa shape index (κ2) is 7.42. The van der Waals surface area contributed by atoms with Gasteiger partial charge in [0.05, 0.1) is 12.5 Å². The lowest BCUT2D eigenvalue weighted by Gasteiger charge is -2.17. The minimum atomic E-state index is -0.0493. The predicted molar refractivity (Wildman–Crippen MR) is 92.3 cm³/mol. The maximum Gasteiger partial charge on any atom is 0.232 e. The SMILES string of the molecule is CCOCc1cccc(NC(=O)C(c2ccccc2)C2CC2)c1. The van der Waals surface area contributed by atoms with Gasteiger partial charge in [0.1, 0.15) is 0 Å². The van der Waals surface area contributed by atoms with Crippen LogP contribution in [0.25, 0.3) is 0 Å². The summed E-state index contributed by atoms with van der Waals surface area (Å²) in [7, 11) is 0. The van der Waals surface area contributed by atoms with Crippen LogP contribution in [-0.4, -0.2) is 12.5 Å². The third-order valence-corrected chi connectivity index (χ3v) is 4.20. The van der Waals surface area contributed by atoms with Crippen molar-refractivity contribution in [3.05, 3.63) is 65.7 Å². The molecule has 1 fully saturated rings. The highest BCUT2D eigenvalue weighted by atomic mass is 16.5. The van der Waals surface area contributed by atoms with Gasteiger partial charge in [0.2, 0.25) is 5.91 Å². The lowest BCUT2D eigenvalue weighted by Crippen LogP contribution is -2.22. The summed E-state index contributed by atoms with van der Waals surface area (Å²) in [4.78, 5) is 12.8. The Morgan fingerprint density at radius 1 is 1.17 bits per heavy atom. The number of ether oxygens (including phenoxy) is 1. The Morgan fingerprint density at radius 3 is 2.65 bits per heavy atom. The average Bonchev–Trinajstić information content (AvgIpc) is 3.39. The fourth-order valence-corrected chi connectivity index (χ4v) is 2.91. The number of benzene rings is 2. The van der Waals surface area contributed by atoms with Crippen molar-refractivity contribution in [1.82, 2.24) is 0 Å². The van der Waals surface area contributed by atoms with Gasteiger partial charge in [-0.05, 0) is 48.9 Å². The van der Waals surface area contributed by atoms with Crippen LogP contribution in [0.2, 0.25) is 0 Å². The first-order chi connectivity index (χ1) is 11.3. The van der Waals surface area contributed by atoms with Crippen LogP contribution in [0.15, 0.2) is 54.6 Å². The smallest absolute Gasteiger partial charge is 0.232 e. The molecule has 1 N–H and O–H groups in total. The second-order valence-corrected chi connectivity index (χ2v) is 6.05. The van der Waals surface area contributed by atoms with E-state index in [9.17, 15) is 4.79 Å². The molecule has 1 saturated carbocycles.